The van der Waals surface area contributed by atoms with Crippen molar-refractivity contribution in [2.24, 2.45) is 5.92 Å². The molecule has 2 amide bonds. The maximum Gasteiger partial charge on any atom is 0.257 e. The number of nitrogens with zero attached hydrogens (tertiary/aromatic N) is 1. The van der Waals surface area contributed by atoms with E-state index in [4.69, 9.17) is 9.47 Å². The van der Waals surface area contributed by atoms with Gasteiger partial charge < -0.3 is 20.1 Å². The van der Waals surface area contributed by atoms with Crippen LogP contribution in [0.1, 0.15) is 34.6 Å². The number of amides is 2. The minimum absolute atomic E-state index is 0.250. The normalized spacial score (nSPS) is 12.6. The number of benzene rings is 1. The molecule has 2 heterocycles. The quantitative estimate of drug-likeness (QED) is 0.860. The van der Waals surface area contributed by atoms with Crippen LogP contribution in [0, 0.1) is 5.92 Å². The van der Waals surface area contributed by atoms with Gasteiger partial charge >= 0.3 is 0 Å². The molecule has 0 saturated carbocycles. The topological polar surface area (TPSA) is 89.6 Å². The van der Waals surface area contributed by atoms with E-state index in [0.29, 0.717) is 54.0 Å². The van der Waals surface area contributed by atoms with E-state index in [9.17, 15) is 9.59 Å². The van der Waals surface area contributed by atoms with Gasteiger partial charge in [0.05, 0.1) is 11.1 Å². The molecule has 0 atom stereocenters. The molecule has 0 radical (unpaired) electrons. The predicted octanol–water partition coefficient (Wildman–Crippen LogP) is 2.49. The van der Waals surface area contributed by atoms with E-state index < -0.39 is 0 Å². The number of ether oxygens (including phenoxy) is 2. The molecular weight excluding hydrogens is 334 g/mol. The smallest absolute Gasteiger partial charge is 0.257 e. The fourth-order valence-corrected chi connectivity index (χ4v) is 2.41. The van der Waals surface area contributed by atoms with Gasteiger partial charge in [-0.15, -0.1) is 0 Å². The first-order chi connectivity index (χ1) is 12.5. The van der Waals surface area contributed by atoms with Crippen LogP contribution >= 0.6 is 0 Å². The molecule has 7 nitrogen and oxygen atoms in total. The lowest BCUT2D eigenvalue weighted by Crippen LogP contribution is -2.27. The number of aromatic nitrogens is 1. The summed E-state index contributed by atoms with van der Waals surface area (Å²) in [4.78, 5) is 28.6. The molecule has 1 aliphatic heterocycles. The monoisotopic (exact) mass is 355 g/mol. The Kier molecular flexibility index (Phi) is 5.36. The highest BCUT2D eigenvalue weighted by Gasteiger charge is 2.15. The molecular formula is C19H21N3O4. The zero-order valence-electron chi connectivity index (χ0n) is 14.7. The molecule has 0 saturated heterocycles. The lowest BCUT2D eigenvalue weighted by atomic mass is 10.1. The van der Waals surface area contributed by atoms with E-state index >= 15 is 0 Å². The molecule has 0 unspecified atom stereocenters. The Morgan fingerprint density at radius 3 is 2.46 bits per heavy atom. The van der Waals surface area contributed by atoms with Crippen LogP contribution in [0.15, 0.2) is 36.7 Å². The molecule has 136 valence electrons. The fraction of sp³-hybridized carbons (Fsp3) is 0.316. The van der Waals surface area contributed by atoms with Crippen LogP contribution in [0.3, 0.4) is 0 Å². The number of hydrogen-bond donors (Lipinski definition) is 2. The van der Waals surface area contributed by atoms with Crippen LogP contribution in [-0.4, -0.2) is 36.6 Å². The van der Waals surface area contributed by atoms with E-state index in [-0.39, 0.29) is 11.8 Å². The SMILES string of the molecule is CC(C)CNC(=O)c1cncc(C(=O)Nc2ccc3c(c2)OCCO3)c1. The Morgan fingerprint density at radius 2 is 1.73 bits per heavy atom. The summed E-state index contributed by atoms with van der Waals surface area (Å²) in [6.07, 6.45) is 2.86. The van der Waals surface area contributed by atoms with Crippen molar-refractivity contribution in [3.8, 4) is 11.5 Å². The third-order valence-electron chi connectivity index (χ3n) is 3.73. The van der Waals surface area contributed by atoms with Crippen molar-refractivity contribution in [1.29, 1.82) is 0 Å². The number of carbonyl (C=O) groups excluding carboxylic acids is 2. The first kappa shape index (κ1) is 17.7. The number of rotatable bonds is 5. The van der Waals surface area contributed by atoms with Crippen LogP contribution < -0.4 is 20.1 Å². The number of carbonyl (C=O) groups is 2. The van der Waals surface area contributed by atoms with Crippen molar-refractivity contribution in [3.05, 3.63) is 47.8 Å². The van der Waals surface area contributed by atoms with Gasteiger partial charge in [-0.3, -0.25) is 14.6 Å². The van der Waals surface area contributed by atoms with Crippen molar-refractivity contribution in [3.63, 3.8) is 0 Å². The van der Waals surface area contributed by atoms with Crippen LogP contribution in [-0.2, 0) is 0 Å². The third-order valence-corrected chi connectivity index (χ3v) is 3.73. The third kappa shape index (κ3) is 4.30. The molecule has 1 aromatic carbocycles. The summed E-state index contributed by atoms with van der Waals surface area (Å²) in [7, 11) is 0. The van der Waals surface area contributed by atoms with E-state index in [2.05, 4.69) is 15.6 Å². The summed E-state index contributed by atoms with van der Waals surface area (Å²) >= 11 is 0. The maximum atomic E-state index is 12.5. The van der Waals surface area contributed by atoms with Gasteiger partial charge in [-0.2, -0.15) is 0 Å². The average molecular weight is 355 g/mol. The molecule has 7 heteroatoms. The highest BCUT2D eigenvalue weighted by molar-refractivity contribution is 6.06. The lowest BCUT2D eigenvalue weighted by molar-refractivity contribution is 0.0948. The summed E-state index contributed by atoms with van der Waals surface area (Å²) in [5.41, 5.74) is 1.23. The van der Waals surface area contributed by atoms with Gasteiger partial charge in [0, 0.05) is 30.7 Å². The Hall–Kier alpha value is -3.09. The number of hydrogen-bond acceptors (Lipinski definition) is 5. The minimum atomic E-state index is -0.354. The van der Waals surface area contributed by atoms with Crippen LogP contribution in [0.4, 0.5) is 5.69 Å². The molecule has 2 N–H and O–H groups in total. The van der Waals surface area contributed by atoms with Gasteiger partial charge in [-0.1, -0.05) is 13.8 Å². The average Bonchev–Trinajstić information content (AvgIpc) is 2.66. The van der Waals surface area contributed by atoms with E-state index in [1.807, 2.05) is 13.8 Å². The summed E-state index contributed by atoms with van der Waals surface area (Å²) in [5.74, 6) is 0.982. The minimum Gasteiger partial charge on any atom is -0.486 e. The van der Waals surface area contributed by atoms with Crippen molar-refractivity contribution >= 4 is 17.5 Å². The summed E-state index contributed by atoms with van der Waals surface area (Å²) < 4.78 is 11.0. The summed E-state index contributed by atoms with van der Waals surface area (Å²) in [6, 6.07) is 6.71. The van der Waals surface area contributed by atoms with Gasteiger partial charge in [0.15, 0.2) is 11.5 Å². The zero-order chi connectivity index (χ0) is 18.5. The van der Waals surface area contributed by atoms with Gasteiger partial charge in [-0.25, -0.2) is 0 Å². The van der Waals surface area contributed by atoms with Gasteiger partial charge in [0.25, 0.3) is 11.8 Å². The number of fused-ring (bicyclic) bond motifs is 1. The van der Waals surface area contributed by atoms with E-state index in [1.54, 1.807) is 18.2 Å². The fourth-order valence-electron chi connectivity index (χ4n) is 2.41. The maximum absolute atomic E-state index is 12.5. The van der Waals surface area contributed by atoms with Crippen molar-refractivity contribution < 1.29 is 19.1 Å². The Bertz CT molecular complexity index is 820. The zero-order valence-corrected chi connectivity index (χ0v) is 14.7. The summed E-state index contributed by atoms with van der Waals surface area (Å²) in [6.45, 7) is 5.57. The molecule has 2 aromatic rings. The Morgan fingerprint density at radius 1 is 1.04 bits per heavy atom. The number of pyridine rings is 1. The largest absolute Gasteiger partial charge is 0.486 e. The van der Waals surface area contributed by atoms with Crippen LogP contribution in [0.25, 0.3) is 0 Å². The van der Waals surface area contributed by atoms with Crippen LogP contribution in [0.5, 0.6) is 11.5 Å². The predicted molar refractivity (Wildman–Crippen MR) is 96.8 cm³/mol. The number of anilines is 1. The van der Waals surface area contributed by atoms with Crippen molar-refractivity contribution in [2.75, 3.05) is 25.1 Å². The first-order valence-corrected chi connectivity index (χ1v) is 8.47. The molecule has 0 aliphatic carbocycles. The molecule has 26 heavy (non-hydrogen) atoms. The standard InChI is InChI=1S/C19H21N3O4/c1-12(2)9-21-18(23)13-7-14(11-20-10-13)19(24)22-15-3-4-16-17(8-15)26-6-5-25-16/h3-4,7-8,10-12H,5-6,9H2,1-2H3,(H,21,23)(H,22,24). The van der Waals surface area contributed by atoms with Gasteiger partial charge in [0.2, 0.25) is 0 Å². The molecule has 1 aliphatic rings. The highest BCUT2D eigenvalue weighted by Crippen LogP contribution is 2.32. The molecule has 0 fully saturated rings. The molecule has 1 aromatic heterocycles. The highest BCUT2D eigenvalue weighted by atomic mass is 16.6. The van der Waals surface area contributed by atoms with Gasteiger partial charge in [-0.05, 0) is 24.1 Å². The second-order valence-electron chi connectivity index (χ2n) is 6.38. The Labute approximate surface area is 151 Å². The molecule has 0 bridgehead atoms. The second kappa shape index (κ2) is 7.86. The summed E-state index contributed by atoms with van der Waals surface area (Å²) in [5, 5.41) is 5.59. The van der Waals surface area contributed by atoms with Crippen LogP contribution in [0.2, 0.25) is 0 Å². The van der Waals surface area contributed by atoms with Crippen molar-refractivity contribution in [1.82, 2.24) is 10.3 Å². The van der Waals surface area contributed by atoms with E-state index in [1.165, 1.54) is 18.5 Å². The first-order valence-electron chi connectivity index (χ1n) is 8.47. The van der Waals surface area contributed by atoms with Gasteiger partial charge in [0.1, 0.15) is 13.2 Å². The van der Waals surface area contributed by atoms with Crippen molar-refractivity contribution in [2.45, 2.75) is 13.8 Å². The Balaban J connectivity index is 1.70. The van der Waals surface area contributed by atoms with E-state index in [0.717, 1.165) is 0 Å². The molecule has 3 rings (SSSR count). The molecule has 0 spiro atoms. The second-order valence-corrected chi connectivity index (χ2v) is 6.38. The lowest BCUT2D eigenvalue weighted by Gasteiger charge is -2.19. The number of nitrogens with one attached hydrogen (secondary N) is 2.